The lowest BCUT2D eigenvalue weighted by atomic mass is 10.0. The minimum Gasteiger partial charge on any atom is -0.489 e. The molecular formula is C57H68Cl4F4N4O12. The predicted octanol–water partition coefficient (Wildman–Crippen LogP) is 11.1. The van der Waals surface area contributed by atoms with E-state index in [0.29, 0.717) is 62.7 Å². The van der Waals surface area contributed by atoms with Gasteiger partial charge in [-0.25, -0.2) is 4.79 Å². The van der Waals surface area contributed by atoms with Crippen LogP contribution in [0.15, 0.2) is 93.8 Å². The summed E-state index contributed by atoms with van der Waals surface area (Å²) >= 11 is 24.4. The van der Waals surface area contributed by atoms with Gasteiger partial charge in [-0.3, -0.25) is 4.79 Å². The van der Waals surface area contributed by atoms with Crippen molar-refractivity contribution < 1.29 is 75.7 Å². The van der Waals surface area contributed by atoms with Gasteiger partial charge in [0.25, 0.3) is 5.91 Å². The fourth-order valence-corrected chi connectivity index (χ4v) is 10.5. The number of hydrogen-bond donors (Lipinski definition) is 5. The fraction of sp³-hybridized carbons (Fsp3) is 0.474. The van der Waals surface area contributed by atoms with Crippen LogP contribution in [0.25, 0.3) is 21.9 Å². The number of aliphatic hydroxyl groups is 2. The molecule has 6 heterocycles. The van der Waals surface area contributed by atoms with Crippen molar-refractivity contribution in [2.24, 2.45) is 5.73 Å². The van der Waals surface area contributed by atoms with Gasteiger partial charge in [-0.15, -0.1) is 0 Å². The molecule has 24 heteroatoms. The second-order valence-corrected chi connectivity index (χ2v) is 21.6. The quantitative estimate of drug-likeness (QED) is 0.0535. The van der Waals surface area contributed by atoms with Gasteiger partial charge in [0.15, 0.2) is 11.5 Å². The maximum absolute atomic E-state index is 15.3. The molecule has 4 atom stereocenters. The predicted molar refractivity (Wildman–Crippen MR) is 301 cm³/mol. The number of fused-ring (bicyclic) bond motifs is 2. The lowest BCUT2D eigenvalue weighted by Gasteiger charge is -2.30. The molecule has 10 rings (SSSR count). The molecule has 0 bridgehead atoms. The van der Waals surface area contributed by atoms with Crippen molar-refractivity contribution in [1.29, 1.82) is 0 Å². The number of nitrogens with one attached hydrogen (secondary N) is 1. The Bertz CT molecular complexity index is 3000. The van der Waals surface area contributed by atoms with E-state index in [4.69, 9.17) is 85.0 Å². The number of ether oxygens (including phenoxy) is 4. The number of aliphatic hydroxyl groups excluding tert-OH is 2. The Morgan fingerprint density at radius 3 is 1.48 bits per heavy atom. The van der Waals surface area contributed by atoms with E-state index in [1.807, 2.05) is 17.0 Å². The molecule has 4 aliphatic heterocycles. The number of nitrogens with zero attached hydrogens (tertiary/aromatic N) is 2. The SMILES string of the molecule is C.N[C@H](CN1CCCC1)C(O)c1ccc(OC2CCOCC2)c(Cl)c1.O.O=C(N[C@H](CN1CCCC1)[C@H](O)c1ccc(OC2CCOCC2)c(Cl)c1)C(F)(F)c1cc2cc(Cl)ccc2o1.O=C(O)C(F)(F)c1cc2cc(Cl)ccc2o1. The average Bonchev–Trinajstić information content (AvgIpc) is 4.45. The fourth-order valence-electron chi connectivity index (χ4n) is 9.66. The van der Waals surface area contributed by atoms with Crippen LogP contribution in [0.2, 0.25) is 20.1 Å². The third-order valence-electron chi connectivity index (χ3n) is 14.1. The van der Waals surface area contributed by atoms with Crippen molar-refractivity contribution in [1.82, 2.24) is 15.1 Å². The minimum absolute atomic E-state index is 0. The summed E-state index contributed by atoms with van der Waals surface area (Å²) in [5.41, 5.74) is 7.66. The number of carbonyl (C=O) groups excluding carboxylic acids is 1. The van der Waals surface area contributed by atoms with Gasteiger partial charge in [-0.05, 0) is 136 Å². The number of carboxylic acid groups (broad SMARTS) is 1. The summed E-state index contributed by atoms with van der Waals surface area (Å²) in [4.78, 5) is 27.6. The van der Waals surface area contributed by atoms with Crippen LogP contribution >= 0.6 is 46.4 Å². The van der Waals surface area contributed by atoms with Crippen molar-refractivity contribution in [2.45, 2.75) is 107 Å². The first-order valence-electron chi connectivity index (χ1n) is 26.1. The average molecular weight is 1220 g/mol. The topological polar surface area (TPSA) is 234 Å². The zero-order chi connectivity index (χ0) is 56.4. The Kier molecular flexibility index (Phi) is 23.8. The summed E-state index contributed by atoms with van der Waals surface area (Å²) in [7, 11) is 0. The van der Waals surface area contributed by atoms with E-state index in [9.17, 15) is 28.6 Å². The Morgan fingerprint density at radius 2 is 1.05 bits per heavy atom. The number of nitrogens with two attached hydrogens (primary N) is 1. The van der Waals surface area contributed by atoms with Gasteiger partial charge in [-0.1, -0.05) is 66.0 Å². The highest BCUT2D eigenvalue weighted by molar-refractivity contribution is 6.32. The number of likely N-dealkylation sites (tertiary alicyclic amines) is 2. The lowest BCUT2D eigenvalue weighted by molar-refractivity contribution is -0.168. The highest BCUT2D eigenvalue weighted by atomic mass is 35.5. The van der Waals surface area contributed by atoms with Crippen LogP contribution in [0.1, 0.15) is 93.6 Å². The van der Waals surface area contributed by atoms with E-state index < -0.39 is 53.5 Å². The number of benzene rings is 4. The van der Waals surface area contributed by atoms with Crippen LogP contribution in [-0.2, 0) is 30.9 Å². The highest BCUT2D eigenvalue weighted by Crippen LogP contribution is 2.38. The molecule has 444 valence electrons. The van der Waals surface area contributed by atoms with Crippen molar-refractivity contribution in [2.75, 3.05) is 65.7 Å². The second kappa shape index (κ2) is 29.5. The summed E-state index contributed by atoms with van der Waals surface area (Å²) in [6, 6.07) is 19.8. The van der Waals surface area contributed by atoms with E-state index in [1.165, 1.54) is 49.2 Å². The molecule has 4 saturated heterocycles. The zero-order valence-electron chi connectivity index (χ0n) is 43.4. The monoisotopic (exact) mass is 1220 g/mol. The molecule has 2 aromatic heterocycles. The number of halogens is 8. The first kappa shape index (κ1) is 65.2. The highest BCUT2D eigenvalue weighted by Gasteiger charge is 2.47. The van der Waals surface area contributed by atoms with Crippen molar-refractivity contribution in [3.63, 3.8) is 0 Å². The standard InChI is InChI=1S/C28H30Cl2F2N2O5.C18H27ClN2O3.C10H5ClF2O3.CH4.H2O/c29-19-4-6-23-18(13-19)15-25(39-23)28(31,32)27(36)33-22(16-34-9-1-2-10-34)26(35)17-3-5-24(21(30)14-17)38-20-7-11-37-12-8-20;19-15-11-13(18(22)16(20)12-21-7-1-2-8-21)3-4-17(15)24-14-5-9-23-10-6-14;11-6-1-2-7-5(3-6)4-8(16-7)10(12,13)9(14)15;;/h3-6,13-15,20,22,26,35H,1-2,7-12,16H2,(H,33,36);3-4,11,14,16,18,22H,1-2,5-10,12,20H2;1-4H,(H,14,15);1H4;1H2/t22-,26-;16-,18?;;;/m11.../s1. The Morgan fingerprint density at radius 1 is 0.630 bits per heavy atom. The summed E-state index contributed by atoms with van der Waals surface area (Å²) in [6.45, 7) is 7.21. The lowest BCUT2D eigenvalue weighted by Crippen LogP contribution is -2.50. The first-order valence-corrected chi connectivity index (χ1v) is 27.6. The van der Waals surface area contributed by atoms with Crippen molar-refractivity contribution >= 4 is 80.2 Å². The molecule has 0 saturated carbocycles. The van der Waals surface area contributed by atoms with E-state index in [0.717, 1.165) is 95.6 Å². The maximum atomic E-state index is 15.3. The molecule has 81 heavy (non-hydrogen) atoms. The number of amides is 1. The normalized spacial score (nSPS) is 18.1. The Balaban J connectivity index is 0.000000214. The van der Waals surface area contributed by atoms with Crippen LogP contribution < -0.4 is 20.5 Å². The second-order valence-electron chi connectivity index (χ2n) is 19.9. The van der Waals surface area contributed by atoms with Crippen LogP contribution in [0, 0.1) is 0 Å². The van der Waals surface area contributed by atoms with E-state index in [1.54, 1.807) is 24.3 Å². The molecule has 4 fully saturated rings. The van der Waals surface area contributed by atoms with Gasteiger partial charge in [0.05, 0.1) is 48.6 Å². The van der Waals surface area contributed by atoms with Crippen LogP contribution in [-0.4, -0.2) is 132 Å². The number of carboxylic acids is 1. The molecule has 0 spiro atoms. The molecule has 1 unspecified atom stereocenters. The molecule has 4 aliphatic rings. The summed E-state index contributed by atoms with van der Waals surface area (Å²) < 4.78 is 89.4. The Labute approximate surface area is 486 Å². The molecule has 1 amide bonds. The number of hydrogen-bond acceptors (Lipinski definition) is 13. The third kappa shape index (κ3) is 17.1. The first-order chi connectivity index (χ1) is 37.7. The zero-order valence-corrected chi connectivity index (χ0v) is 46.4. The third-order valence-corrected chi connectivity index (χ3v) is 15.1. The number of carbonyl (C=O) groups is 2. The molecule has 4 aromatic carbocycles. The maximum Gasteiger partial charge on any atom is 0.399 e. The Hall–Kier alpha value is -4.94. The largest absolute Gasteiger partial charge is 0.489 e. The van der Waals surface area contributed by atoms with E-state index in [-0.39, 0.29) is 53.9 Å². The van der Waals surface area contributed by atoms with E-state index in [2.05, 4.69) is 10.2 Å². The molecule has 0 radical (unpaired) electrons. The summed E-state index contributed by atoms with van der Waals surface area (Å²) in [5.74, 6) is -12.4. The van der Waals surface area contributed by atoms with Gasteiger partial charge in [0.2, 0.25) is 0 Å². The number of aliphatic carboxylic acids is 1. The molecule has 6 aromatic rings. The van der Waals surface area contributed by atoms with Gasteiger partial charge in [0, 0.05) is 65.6 Å². The number of alkyl halides is 4. The molecule has 8 N–H and O–H groups in total. The minimum atomic E-state index is -4.04. The van der Waals surface area contributed by atoms with E-state index >= 15 is 8.78 Å². The van der Waals surface area contributed by atoms with Gasteiger partial charge >= 0.3 is 17.8 Å². The van der Waals surface area contributed by atoms with Crippen LogP contribution in [0.5, 0.6) is 11.5 Å². The van der Waals surface area contributed by atoms with Gasteiger partial charge < -0.3 is 69.4 Å². The molecule has 0 aliphatic carbocycles. The molecule has 16 nitrogen and oxygen atoms in total. The van der Waals surface area contributed by atoms with Crippen LogP contribution in [0.3, 0.4) is 0 Å². The summed E-state index contributed by atoms with van der Waals surface area (Å²) in [6.07, 6.45) is 5.69. The molecular weight excluding hydrogens is 1150 g/mol. The van der Waals surface area contributed by atoms with Crippen molar-refractivity contribution in [3.8, 4) is 11.5 Å². The number of rotatable bonds is 17. The number of furan rings is 2. The van der Waals surface area contributed by atoms with Gasteiger partial charge in [-0.2, -0.15) is 17.6 Å². The smallest absolute Gasteiger partial charge is 0.399 e. The summed E-state index contributed by atoms with van der Waals surface area (Å²) in [5, 5.41) is 34.7. The van der Waals surface area contributed by atoms with Crippen molar-refractivity contribution in [3.05, 3.63) is 128 Å². The van der Waals surface area contributed by atoms with Gasteiger partial charge in [0.1, 0.15) is 41.0 Å². The van der Waals surface area contributed by atoms with Crippen LogP contribution in [0.4, 0.5) is 17.6 Å².